The van der Waals surface area contributed by atoms with Crippen molar-refractivity contribution in [3.8, 4) is 0 Å². The molecular weight excluding hydrogens is 240 g/mol. The highest BCUT2D eigenvalue weighted by Crippen LogP contribution is 2.33. The summed E-state index contributed by atoms with van der Waals surface area (Å²) in [5, 5.41) is 3.00. The maximum Gasteiger partial charge on any atom is 0.244 e. The highest BCUT2D eigenvalue weighted by molar-refractivity contribution is 6.28. The second kappa shape index (κ2) is 4.14. The van der Waals surface area contributed by atoms with Gasteiger partial charge in [0.05, 0.1) is 12.7 Å². The van der Waals surface area contributed by atoms with Crippen LogP contribution in [0.2, 0.25) is 5.28 Å². The van der Waals surface area contributed by atoms with Gasteiger partial charge in [0.25, 0.3) is 0 Å². The smallest absolute Gasteiger partial charge is 0.244 e. The average molecular weight is 253 g/mol. The van der Waals surface area contributed by atoms with Crippen LogP contribution in [0.5, 0.6) is 0 Å². The molecule has 1 aliphatic heterocycles. The molecule has 0 radical (unpaired) electrons. The first kappa shape index (κ1) is 10.8. The number of anilines is 2. The lowest BCUT2D eigenvalue weighted by Crippen LogP contribution is -2.44. The number of carbonyl (C=O) groups is 1. The third-order valence-corrected chi connectivity index (χ3v) is 3.55. The van der Waals surface area contributed by atoms with Gasteiger partial charge in [-0.05, 0) is 24.4 Å². The SMILES string of the molecule is O=C1CN(C2CCCC2)c2nc(Cl)ncc2N1. The van der Waals surface area contributed by atoms with Crippen LogP contribution >= 0.6 is 11.6 Å². The van der Waals surface area contributed by atoms with Gasteiger partial charge in [-0.2, -0.15) is 4.98 Å². The van der Waals surface area contributed by atoms with E-state index in [2.05, 4.69) is 20.2 Å². The Labute approximate surface area is 104 Å². The number of fused-ring (bicyclic) bond motifs is 1. The van der Waals surface area contributed by atoms with Crippen LogP contribution in [0.4, 0.5) is 11.5 Å². The van der Waals surface area contributed by atoms with E-state index in [1.54, 1.807) is 6.20 Å². The third kappa shape index (κ3) is 1.95. The highest BCUT2D eigenvalue weighted by atomic mass is 35.5. The van der Waals surface area contributed by atoms with E-state index in [9.17, 15) is 4.79 Å². The molecule has 90 valence electrons. The van der Waals surface area contributed by atoms with Gasteiger partial charge >= 0.3 is 0 Å². The van der Waals surface area contributed by atoms with E-state index in [1.165, 1.54) is 12.8 Å². The first-order chi connectivity index (χ1) is 8.24. The van der Waals surface area contributed by atoms with Crippen molar-refractivity contribution in [2.45, 2.75) is 31.7 Å². The summed E-state index contributed by atoms with van der Waals surface area (Å²) < 4.78 is 0. The molecule has 3 rings (SSSR count). The molecule has 0 unspecified atom stereocenters. The Hall–Kier alpha value is -1.36. The molecule has 1 aromatic rings. The Balaban J connectivity index is 1.99. The van der Waals surface area contributed by atoms with Gasteiger partial charge in [0, 0.05) is 6.04 Å². The molecule has 0 saturated heterocycles. The molecule has 0 spiro atoms. The summed E-state index contributed by atoms with van der Waals surface area (Å²) in [7, 11) is 0. The molecule has 1 aromatic heterocycles. The van der Waals surface area contributed by atoms with Crippen molar-refractivity contribution in [1.29, 1.82) is 0 Å². The number of amides is 1. The molecule has 1 saturated carbocycles. The van der Waals surface area contributed by atoms with Gasteiger partial charge in [-0.25, -0.2) is 4.98 Å². The van der Waals surface area contributed by atoms with Crippen LogP contribution in [0, 0.1) is 0 Å². The number of halogens is 1. The maximum absolute atomic E-state index is 11.6. The number of carbonyl (C=O) groups excluding carboxylic acids is 1. The lowest BCUT2D eigenvalue weighted by Gasteiger charge is -2.34. The summed E-state index contributed by atoms with van der Waals surface area (Å²) in [4.78, 5) is 21.8. The zero-order chi connectivity index (χ0) is 11.8. The van der Waals surface area contributed by atoms with Crippen LogP contribution in [0.25, 0.3) is 0 Å². The first-order valence-electron chi connectivity index (χ1n) is 5.83. The van der Waals surface area contributed by atoms with Crippen LogP contribution in [-0.2, 0) is 4.79 Å². The van der Waals surface area contributed by atoms with E-state index in [0.29, 0.717) is 18.3 Å². The van der Waals surface area contributed by atoms with E-state index in [-0.39, 0.29) is 11.2 Å². The second-order valence-corrected chi connectivity index (χ2v) is 4.83. The van der Waals surface area contributed by atoms with Crippen molar-refractivity contribution in [3.05, 3.63) is 11.5 Å². The van der Waals surface area contributed by atoms with Gasteiger partial charge in [-0.3, -0.25) is 4.79 Å². The number of nitrogens with zero attached hydrogens (tertiary/aromatic N) is 3. The van der Waals surface area contributed by atoms with Crippen LogP contribution in [0.15, 0.2) is 6.20 Å². The summed E-state index contributed by atoms with van der Waals surface area (Å²) in [5.74, 6) is 0.756. The average Bonchev–Trinajstić information content (AvgIpc) is 2.82. The predicted octanol–water partition coefficient (Wildman–Crippen LogP) is 1.83. The molecule has 2 aliphatic rings. The van der Waals surface area contributed by atoms with Gasteiger partial charge in [0.2, 0.25) is 11.2 Å². The minimum absolute atomic E-state index is 0.00433. The quantitative estimate of drug-likeness (QED) is 0.775. The van der Waals surface area contributed by atoms with Crippen LogP contribution in [0.1, 0.15) is 25.7 Å². The molecule has 1 amide bonds. The van der Waals surface area contributed by atoms with E-state index < -0.39 is 0 Å². The molecular formula is C11H13ClN4O. The van der Waals surface area contributed by atoms with E-state index >= 15 is 0 Å². The normalized spacial score (nSPS) is 20.3. The Bertz CT molecular complexity index is 459. The van der Waals surface area contributed by atoms with E-state index in [4.69, 9.17) is 11.6 Å². The molecule has 1 N–H and O–H groups in total. The number of nitrogens with one attached hydrogen (secondary N) is 1. The lowest BCUT2D eigenvalue weighted by molar-refractivity contribution is -0.115. The third-order valence-electron chi connectivity index (χ3n) is 3.36. The van der Waals surface area contributed by atoms with Crippen molar-refractivity contribution in [2.24, 2.45) is 0 Å². The Kier molecular flexibility index (Phi) is 2.63. The van der Waals surface area contributed by atoms with Crippen molar-refractivity contribution < 1.29 is 4.79 Å². The fraction of sp³-hybridized carbons (Fsp3) is 0.545. The number of hydrogen-bond donors (Lipinski definition) is 1. The Morgan fingerprint density at radius 3 is 2.94 bits per heavy atom. The topological polar surface area (TPSA) is 58.1 Å². The van der Waals surface area contributed by atoms with Crippen molar-refractivity contribution in [3.63, 3.8) is 0 Å². The fourth-order valence-electron chi connectivity index (χ4n) is 2.60. The highest BCUT2D eigenvalue weighted by Gasteiger charge is 2.31. The van der Waals surface area contributed by atoms with Gasteiger partial charge in [-0.1, -0.05) is 12.8 Å². The minimum atomic E-state index is -0.00433. The van der Waals surface area contributed by atoms with Crippen molar-refractivity contribution in [2.75, 3.05) is 16.8 Å². The summed E-state index contributed by atoms with van der Waals surface area (Å²) in [5.41, 5.74) is 0.664. The molecule has 2 heterocycles. The summed E-state index contributed by atoms with van der Waals surface area (Å²) >= 11 is 5.82. The van der Waals surface area contributed by atoms with Gasteiger partial charge in [0.1, 0.15) is 5.69 Å². The molecule has 0 bridgehead atoms. The molecule has 17 heavy (non-hydrogen) atoms. The maximum atomic E-state index is 11.6. The molecule has 5 nitrogen and oxygen atoms in total. The molecule has 0 atom stereocenters. The number of hydrogen-bond acceptors (Lipinski definition) is 4. The predicted molar refractivity (Wildman–Crippen MR) is 65.3 cm³/mol. The van der Waals surface area contributed by atoms with Crippen molar-refractivity contribution >= 4 is 29.0 Å². The van der Waals surface area contributed by atoms with Crippen LogP contribution in [-0.4, -0.2) is 28.5 Å². The Morgan fingerprint density at radius 2 is 2.18 bits per heavy atom. The van der Waals surface area contributed by atoms with Gasteiger partial charge in [-0.15, -0.1) is 0 Å². The number of aromatic nitrogens is 2. The van der Waals surface area contributed by atoms with Crippen LogP contribution in [0.3, 0.4) is 0 Å². The van der Waals surface area contributed by atoms with Crippen molar-refractivity contribution in [1.82, 2.24) is 9.97 Å². The molecule has 6 heteroatoms. The molecule has 1 fully saturated rings. The lowest BCUT2D eigenvalue weighted by atomic mass is 10.2. The summed E-state index contributed by atoms with van der Waals surface area (Å²) in [6.07, 6.45) is 6.25. The summed E-state index contributed by atoms with van der Waals surface area (Å²) in [6.45, 7) is 0.366. The van der Waals surface area contributed by atoms with Gasteiger partial charge in [0.15, 0.2) is 5.82 Å². The first-order valence-corrected chi connectivity index (χ1v) is 6.21. The monoisotopic (exact) mass is 252 g/mol. The standard InChI is InChI=1S/C11H13ClN4O/c12-11-13-5-8-10(15-11)16(6-9(17)14-8)7-3-1-2-4-7/h5,7H,1-4,6H2,(H,14,17). The molecule has 0 aromatic carbocycles. The van der Waals surface area contributed by atoms with Gasteiger partial charge < -0.3 is 10.2 Å². The minimum Gasteiger partial charge on any atom is -0.342 e. The largest absolute Gasteiger partial charge is 0.342 e. The van der Waals surface area contributed by atoms with Crippen LogP contribution < -0.4 is 10.2 Å². The Morgan fingerprint density at radius 1 is 1.41 bits per heavy atom. The molecule has 1 aliphatic carbocycles. The summed E-state index contributed by atoms with van der Waals surface area (Å²) in [6, 6.07) is 0.408. The fourth-order valence-corrected chi connectivity index (χ4v) is 2.73. The second-order valence-electron chi connectivity index (χ2n) is 4.49. The zero-order valence-electron chi connectivity index (χ0n) is 9.32. The van der Waals surface area contributed by atoms with E-state index in [0.717, 1.165) is 18.7 Å². The number of rotatable bonds is 1. The zero-order valence-corrected chi connectivity index (χ0v) is 10.1. The van der Waals surface area contributed by atoms with E-state index in [1.807, 2.05) is 0 Å².